The number of rotatable bonds is 49. The minimum atomic E-state index is -5.07. The van der Waals surface area contributed by atoms with Gasteiger partial charge in [0.15, 0.2) is 6.29 Å². The standard InChI is InChI=1S/C56H102O12S/c1-3-5-7-9-11-13-15-17-19-21-23-24-25-26-28-30-32-34-36-38-40-42-44-46-64-48-50(49-65-56-54(60)55(68-69(61,62)63)53(59)51(47-57)67-56)66-52(58)45-43-41-39-37-35-33-31-29-27-22-20-18-16-14-12-10-8-6-4-2/h6,8,12,14,18,20,27,29,50-51,53-57,59-60H,3-5,7,9-11,13,15-17,19,21-26,28,30-49H2,1-2H3,(H,61,62,63)/b8-6-,14-12-,20-18-,29-27-. The first-order valence-electron chi connectivity index (χ1n) is 27.9. The zero-order chi connectivity index (χ0) is 50.3. The number of allylic oxidation sites excluding steroid dienone is 8. The topological polar surface area (TPSA) is 178 Å². The molecular weight excluding hydrogens is 897 g/mol. The highest BCUT2D eigenvalue weighted by Crippen LogP contribution is 2.26. The number of hydrogen-bond donors (Lipinski definition) is 4. The predicted molar refractivity (Wildman–Crippen MR) is 280 cm³/mol. The van der Waals surface area contributed by atoms with E-state index in [2.05, 4.69) is 66.6 Å². The van der Waals surface area contributed by atoms with Crippen molar-refractivity contribution >= 4 is 16.4 Å². The molecule has 6 atom stereocenters. The first-order chi connectivity index (χ1) is 33.6. The van der Waals surface area contributed by atoms with Crippen LogP contribution in [0.15, 0.2) is 48.6 Å². The molecule has 1 rings (SSSR count). The van der Waals surface area contributed by atoms with Gasteiger partial charge in [-0.3, -0.25) is 9.35 Å². The van der Waals surface area contributed by atoms with Crippen molar-refractivity contribution in [1.82, 2.24) is 0 Å². The molecule has 1 saturated heterocycles. The maximum atomic E-state index is 12.9. The van der Waals surface area contributed by atoms with Crippen molar-refractivity contribution < 1.29 is 56.2 Å². The second-order valence-corrected chi connectivity index (χ2v) is 20.2. The molecule has 0 spiro atoms. The van der Waals surface area contributed by atoms with E-state index < -0.39 is 59.8 Å². The van der Waals surface area contributed by atoms with Crippen molar-refractivity contribution in [2.75, 3.05) is 26.4 Å². The van der Waals surface area contributed by atoms with Crippen LogP contribution in [0.2, 0.25) is 0 Å². The molecule has 69 heavy (non-hydrogen) atoms. The molecule has 0 saturated carbocycles. The summed E-state index contributed by atoms with van der Waals surface area (Å²) in [6.45, 7) is 3.90. The highest BCUT2D eigenvalue weighted by atomic mass is 32.3. The van der Waals surface area contributed by atoms with E-state index in [-0.39, 0.29) is 19.6 Å². The summed E-state index contributed by atoms with van der Waals surface area (Å²) in [5.74, 6) is -0.410. The Kier molecular flexibility index (Phi) is 44.4. The van der Waals surface area contributed by atoms with E-state index in [0.29, 0.717) is 13.0 Å². The number of ether oxygens (including phenoxy) is 4. The fourth-order valence-electron chi connectivity index (χ4n) is 8.55. The first-order valence-corrected chi connectivity index (χ1v) is 29.3. The summed E-state index contributed by atoms with van der Waals surface area (Å²) >= 11 is 0. The molecule has 0 amide bonds. The van der Waals surface area contributed by atoms with Gasteiger partial charge >= 0.3 is 16.4 Å². The Labute approximate surface area is 421 Å². The van der Waals surface area contributed by atoms with Gasteiger partial charge in [-0.1, -0.05) is 229 Å². The molecule has 0 aromatic rings. The lowest BCUT2D eigenvalue weighted by molar-refractivity contribution is -0.301. The zero-order valence-electron chi connectivity index (χ0n) is 43.6. The fourth-order valence-corrected chi connectivity index (χ4v) is 9.06. The van der Waals surface area contributed by atoms with Gasteiger partial charge in [-0.15, -0.1) is 0 Å². The van der Waals surface area contributed by atoms with E-state index >= 15 is 0 Å². The third kappa shape index (κ3) is 40.3. The molecule has 6 unspecified atom stereocenters. The molecule has 12 nitrogen and oxygen atoms in total. The average molecular weight is 999 g/mol. The van der Waals surface area contributed by atoms with Gasteiger partial charge in [0.2, 0.25) is 0 Å². The van der Waals surface area contributed by atoms with Crippen molar-refractivity contribution in [1.29, 1.82) is 0 Å². The smallest absolute Gasteiger partial charge is 0.397 e. The summed E-state index contributed by atoms with van der Waals surface area (Å²) in [4.78, 5) is 12.9. The molecule has 0 bridgehead atoms. The summed E-state index contributed by atoms with van der Waals surface area (Å²) < 4.78 is 59.4. The summed E-state index contributed by atoms with van der Waals surface area (Å²) in [6, 6.07) is 0. The van der Waals surface area contributed by atoms with Crippen molar-refractivity contribution in [3.8, 4) is 0 Å². The van der Waals surface area contributed by atoms with Gasteiger partial charge in [-0.2, -0.15) is 8.42 Å². The van der Waals surface area contributed by atoms with Crippen molar-refractivity contribution in [2.45, 2.75) is 275 Å². The molecule has 1 fully saturated rings. The largest absolute Gasteiger partial charge is 0.457 e. The lowest BCUT2D eigenvalue weighted by Gasteiger charge is -2.41. The Morgan fingerprint density at radius 3 is 1.46 bits per heavy atom. The zero-order valence-corrected chi connectivity index (χ0v) is 44.4. The third-order valence-electron chi connectivity index (χ3n) is 12.7. The number of unbranched alkanes of at least 4 members (excludes halogenated alkanes) is 28. The third-order valence-corrected chi connectivity index (χ3v) is 13.2. The van der Waals surface area contributed by atoms with Crippen LogP contribution in [0.1, 0.15) is 239 Å². The van der Waals surface area contributed by atoms with E-state index in [0.717, 1.165) is 83.5 Å². The maximum absolute atomic E-state index is 12.9. The normalized spacial score (nSPS) is 19.5. The van der Waals surface area contributed by atoms with E-state index in [1.807, 2.05) is 0 Å². The molecule has 0 aliphatic carbocycles. The minimum absolute atomic E-state index is 0.0319. The quantitative estimate of drug-likeness (QED) is 0.0196. The molecular formula is C56H102O12S. The van der Waals surface area contributed by atoms with Crippen LogP contribution in [-0.4, -0.2) is 97.5 Å². The number of carbonyl (C=O) groups is 1. The summed E-state index contributed by atoms with van der Waals surface area (Å²) in [6.07, 6.45) is 50.1. The second-order valence-electron chi connectivity index (χ2n) is 19.2. The monoisotopic (exact) mass is 999 g/mol. The van der Waals surface area contributed by atoms with Crippen LogP contribution in [0.4, 0.5) is 0 Å². The molecule has 13 heteroatoms. The molecule has 1 heterocycles. The number of aliphatic hydroxyl groups excluding tert-OH is 3. The summed E-state index contributed by atoms with van der Waals surface area (Å²) in [7, 11) is -5.07. The van der Waals surface area contributed by atoms with Gasteiger partial charge in [0, 0.05) is 13.0 Å². The van der Waals surface area contributed by atoms with Crippen LogP contribution in [-0.2, 0) is 38.3 Å². The van der Waals surface area contributed by atoms with E-state index in [1.165, 1.54) is 128 Å². The Hall–Kier alpha value is -1.94. The molecule has 4 N–H and O–H groups in total. The summed E-state index contributed by atoms with van der Waals surface area (Å²) in [5, 5.41) is 30.8. The van der Waals surface area contributed by atoms with Crippen LogP contribution in [0.25, 0.3) is 0 Å². The van der Waals surface area contributed by atoms with Crippen LogP contribution in [0.3, 0.4) is 0 Å². The van der Waals surface area contributed by atoms with Crippen molar-refractivity contribution in [3.05, 3.63) is 48.6 Å². The van der Waals surface area contributed by atoms with Gasteiger partial charge < -0.3 is 34.3 Å². The second kappa shape index (κ2) is 47.1. The van der Waals surface area contributed by atoms with Gasteiger partial charge in [-0.05, 0) is 51.4 Å². The van der Waals surface area contributed by atoms with Crippen molar-refractivity contribution in [3.63, 3.8) is 0 Å². The van der Waals surface area contributed by atoms with Gasteiger partial charge in [0.05, 0.1) is 19.8 Å². The Balaban J connectivity index is 2.31. The molecule has 1 aliphatic heterocycles. The Morgan fingerprint density at radius 1 is 0.565 bits per heavy atom. The molecule has 0 aromatic carbocycles. The first kappa shape index (κ1) is 65.1. The molecule has 1 aliphatic rings. The average Bonchev–Trinajstić information content (AvgIpc) is 3.32. The van der Waals surface area contributed by atoms with Crippen LogP contribution in [0, 0.1) is 0 Å². The van der Waals surface area contributed by atoms with Gasteiger partial charge in [0.1, 0.15) is 30.5 Å². The van der Waals surface area contributed by atoms with Crippen LogP contribution < -0.4 is 0 Å². The Bertz CT molecular complexity index is 1380. The number of hydrogen-bond acceptors (Lipinski definition) is 11. The van der Waals surface area contributed by atoms with Crippen LogP contribution >= 0.6 is 0 Å². The van der Waals surface area contributed by atoms with Gasteiger partial charge in [-0.25, -0.2) is 4.18 Å². The summed E-state index contributed by atoms with van der Waals surface area (Å²) in [5.41, 5.74) is 0. The minimum Gasteiger partial charge on any atom is -0.457 e. The SMILES string of the molecule is CC/C=C\C/C=C\C/C=C\C/C=C\CCCCCCCCC(=O)OC(COCCCCCCCCCCCCCCCCCCCCCCCCC)COC1OC(CO)C(O)C(OS(=O)(=O)O)C1O. The molecule has 0 aromatic heterocycles. The fraction of sp³-hybridized carbons (Fsp3) is 0.839. The predicted octanol–water partition coefficient (Wildman–Crippen LogP) is 13.5. The van der Waals surface area contributed by atoms with E-state index in [1.54, 1.807) is 0 Å². The lowest BCUT2D eigenvalue weighted by atomic mass is 9.99. The highest BCUT2D eigenvalue weighted by Gasteiger charge is 2.48. The molecule has 0 radical (unpaired) electrons. The number of aliphatic hydroxyl groups is 3. The Morgan fingerprint density at radius 2 is 1.00 bits per heavy atom. The van der Waals surface area contributed by atoms with E-state index in [9.17, 15) is 33.1 Å². The number of esters is 1. The number of carbonyl (C=O) groups excluding carboxylic acids is 1. The van der Waals surface area contributed by atoms with Crippen molar-refractivity contribution in [2.24, 2.45) is 0 Å². The molecule has 404 valence electrons. The van der Waals surface area contributed by atoms with Crippen LogP contribution in [0.5, 0.6) is 0 Å². The maximum Gasteiger partial charge on any atom is 0.397 e. The van der Waals surface area contributed by atoms with Gasteiger partial charge in [0.25, 0.3) is 0 Å². The van der Waals surface area contributed by atoms with E-state index in [4.69, 9.17) is 18.9 Å². The lowest BCUT2D eigenvalue weighted by Crippen LogP contribution is -2.60. The highest BCUT2D eigenvalue weighted by molar-refractivity contribution is 7.80.